The molecule has 0 aromatic heterocycles. The maximum atomic E-state index is 5.97. The molecule has 0 heterocycles. The van der Waals surface area contributed by atoms with E-state index in [1.54, 1.807) is 13.2 Å². The van der Waals surface area contributed by atoms with Crippen molar-refractivity contribution >= 4 is 17.6 Å². The molecule has 2 N–H and O–H groups in total. The number of halogens is 1. The lowest BCUT2D eigenvalue weighted by molar-refractivity contribution is 0.145. The van der Waals surface area contributed by atoms with Gasteiger partial charge < -0.3 is 20.1 Å². The Labute approximate surface area is 138 Å². The molecule has 1 aromatic carbocycles. The Bertz CT molecular complexity index is 467. The van der Waals surface area contributed by atoms with Crippen LogP contribution < -0.4 is 15.4 Å². The Morgan fingerprint density at radius 3 is 2.77 bits per heavy atom. The molecule has 0 spiro atoms. The second-order valence-corrected chi connectivity index (χ2v) is 5.07. The highest BCUT2D eigenvalue weighted by Gasteiger charge is 2.04. The van der Waals surface area contributed by atoms with Crippen LogP contribution in [0.1, 0.15) is 25.8 Å². The standard InChI is InChI=1S/C16H26ClN3O2/c1-4-18-16(19-9-6-10-22-5-2)20-12-13-7-8-14(17)11-15(13)21-3/h7-8,11H,4-6,9-10,12H2,1-3H3,(H2,18,19,20). The molecule has 0 amide bonds. The van der Waals surface area contributed by atoms with E-state index in [-0.39, 0.29) is 0 Å². The fourth-order valence-corrected chi connectivity index (χ4v) is 2.04. The van der Waals surface area contributed by atoms with E-state index in [1.165, 1.54) is 0 Å². The topological polar surface area (TPSA) is 54.9 Å². The van der Waals surface area contributed by atoms with E-state index in [1.807, 2.05) is 26.0 Å². The van der Waals surface area contributed by atoms with Crippen LogP contribution in [0.3, 0.4) is 0 Å². The van der Waals surface area contributed by atoms with E-state index in [9.17, 15) is 0 Å². The summed E-state index contributed by atoms with van der Waals surface area (Å²) in [6.07, 6.45) is 0.947. The minimum Gasteiger partial charge on any atom is -0.496 e. The molecule has 0 saturated carbocycles. The third kappa shape index (κ3) is 7.00. The lowest BCUT2D eigenvalue weighted by Gasteiger charge is -2.12. The van der Waals surface area contributed by atoms with Crippen LogP contribution in [0.15, 0.2) is 23.2 Å². The largest absolute Gasteiger partial charge is 0.496 e. The molecule has 22 heavy (non-hydrogen) atoms. The summed E-state index contributed by atoms with van der Waals surface area (Å²) in [4.78, 5) is 4.57. The van der Waals surface area contributed by atoms with E-state index in [2.05, 4.69) is 15.6 Å². The minimum atomic E-state index is 0.529. The first-order chi connectivity index (χ1) is 10.7. The molecule has 124 valence electrons. The summed E-state index contributed by atoms with van der Waals surface area (Å²) in [7, 11) is 1.63. The van der Waals surface area contributed by atoms with Crippen molar-refractivity contribution in [3.8, 4) is 5.75 Å². The van der Waals surface area contributed by atoms with Gasteiger partial charge in [0, 0.05) is 36.9 Å². The van der Waals surface area contributed by atoms with Gasteiger partial charge in [-0.3, -0.25) is 0 Å². The first-order valence-corrected chi connectivity index (χ1v) is 8.01. The van der Waals surface area contributed by atoms with Crippen LogP contribution in [0.2, 0.25) is 5.02 Å². The third-order valence-corrected chi connectivity index (χ3v) is 3.20. The smallest absolute Gasteiger partial charge is 0.191 e. The van der Waals surface area contributed by atoms with Gasteiger partial charge in [0.25, 0.3) is 0 Å². The third-order valence-electron chi connectivity index (χ3n) is 2.96. The van der Waals surface area contributed by atoms with Crippen LogP contribution in [0.5, 0.6) is 5.75 Å². The highest BCUT2D eigenvalue weighted by Crippen LogP contribution is 2.23. The molecule has 5 nitrogen and oxygen atoms in total. The van der Waals surface area contributed by atoms with Crippen molar-refractivity contribution in [2.45, 2.75) is 26.8 Å². The Balaban J connectivity index is 2.57. The SMILES string of the molecule is CCNC(=NCc1ccc(Cl)cc1OC)NCCCOCC. The van der Waals surface area contributed by atoms with E-state index < -0.39 is 0 Å². The minimum absolute atomic E-state index is 0.529. The van der Waals surface area contributed by atoms with Gasteiger partial charge in [0.15, 0.2) is 5.96 Å². The lowest BCUT2D eigenvalue weighted by atomic mass is 10.2. The molecule has 0 atom stereocenters. The molecule has 1 aromatic rings. The number of nitrogens with one attached hydrogen (secondary N) is 2. The molecule has 0 radical (unpaired) electrons. The fourth-order valence-electron chi connectivity index (χ4n) is 1.88. The summed E-state index contributed by atoms with van der Waals surface area (Å²) in [5.74, 6) is 1.54. The van der Waals surface area contributed by atoms with Crippen molar-refractivity contribution in [3.05, 3.63) is 28.8 Å². The zero-order chi connectivity index (χ0) is 16.2. The molecule has 0 aliphatic rings. The second-order valence-electron chi connectivity index (χ2n) is 4.63. The van der Waals surface area contributed by atoms with Gasteiger partial charge in [-0.2, -0.15) is 0 Å². The van der Waals surface area contributed by atoms with Crippen LogP contribution in [0.25, 0.3) is 0 Å². The van der Waals surface area contributed by atoms with Crippen molar-refractivity contribution in [3.63, 3.8) is 0 Å². The number of aliphatic imine (C=N–C) groups is 1. The van der Waals surface area contributed by atoms with Gasteiger partial charge >= 0.3 is 0 Å². The van der Waals surface area contributed by atoms with Gasteiger partial charge in [0.2, 0.25) is 0 Å². The number of hydrogen-bond donors (Lipinski definition) is 2. The summed E-state index contributed by atoms with van der Waals surface area (Å²) >= 11 is 5.97. The van der Waals surface area contributed by atoms with Crippen molar-refractivity contribution < 1.29 is 9.47 Å². The van der Waals surface area contributed by atoms with Crippen LogP contribution in [-0.2, 0) is 11.3 Å². The number of nitrogens with zero attached hydrogens (tertiary/aromatic N) is 1. The zero-order valence-corrected chi connectivity index (χ0v) is 14.4. The van der Waals surface area contributed by atoms with Crippen molar-refractivity contribution in [2.24, 2.45) is 4.99 Å². The first-order valence-electron chi connectivity index (χ1n) is 7.63. The average Bonchev–Trinajstić information content (AvgIpc) is 2.53. The van der Waals surface area contributed by atoms with Crippen LogP contribution in [-0.4, -0.2) is 39.4 Å². The molecule has 0 fully saturated rings. The molecule has 1 rings (SSSR count). The number of hydrogen-bond acceptors (Lipinski definition) is 3. The first kappa shape index (κ1) is 18.6. The number of guanidine groups is 1. The molecular formula is C16H26ClN3O2. The van der Waals surface area contributed by atoms with Gasteiger partial charge in [0.1, 0.15) is 5.75 Å². The molecule has 6 heteroatoms. The molecule has 0 saturated heterocycles. The highest BCUT2D eigenvalue weighted by atomic mass is 35.5. The molecular weight excluding hydrogens is 302 g/mol. The average molecular weight is 328 g/mol. The Morgan fingerprint density at radius 2 is 2.09 bits per heavy atom. The summed E-state index contributed by atoms with van der Waals surface area (Å²) in [5.41, 5.74) is 0.999. The number of rotatable bonds is 9. The Hall–Kier alpha value is -1.46. The van der Waals surface area contributed by atoms with E-state index >= 15 is 0 Å². The zero-order valence-electron chi connectivity index (χ0n) is 13.6. The summed E-state index contributed by atoms with van der Waals surface area (Å²) < 4.78 is 10.6. The van der Waals surface area contributed by atoms with Crippen molar-refractivity contribution in [1.29, 1.82) is 0 Å². The second kappa shape index (κ2) is 11.2. The molecule has 0 bridgehead atoms. The van der Waals surface area contributed by atoms with Crippen LogP contribution in [0, 0.1) is 0 Å². The predicted octanol–water partition coefficient (Wildman–Crippen LogP) is 2.83. The highest BCUT2D eigenvalue weighted by molar-refractivity contribution is 6.30. The van der Waals surface area contributed by atoms with Gasteiger partial charge in [0.05, 0.1) is 13.7 Å². The number of methoxy groups -OCH3 is 1. The normalized spacial score (nSPS) is 11.4. The summed E-state index contributed by atoms with van der Waals surface area (Å²) in [5, 5.41) is 7.17. The molecule has 0 unspecified atom stereocenters. The monoisotopic (exact) mass is 327 g/mol. The molecule has 0 aliphatic heterocycles. The maximum Gasteiger partial charge on any atom is 0.191 e. The maximum absolute atomic E-state index is 5.97. The van der Waals surface area contributed by atoms with Gasteiger partial charge in [-0.05, 0) is 32.4 Å². The van der Waals surface area contributed by atoms with Gasteiger partial charge in [-0.25, -0.2) is 4.99 Å². The lowest BCUT2D eigenvalue weighted by Crippen LogP contribution is -2.38. The fraction of sp³-hybridized carbons (Fsp3) is 0.562. The number of ether oxygens (including phenoxy) is 2. The Morgan fingerprint density at radius 1 is 1.27 bits per heavy atom. The van der Waals surface area contributed by atoms with Gasteiger partial charge in [-0.1, -0.05) is 17.7 Å². The van der Waals surface area contributed by atoms with Gasteiger partial charge in [-0.15, -0.1) is 0 Å². The number of benzene rings is 1. The van der Waals surface area contributed by atoms with Crippen molar-refractivity contribution in [1.82, 2.24) is 10.6 Å². The van der Waals surface area contributed by atoms with Crippen LogP contribution in [0.4, 0.5) is 0 Å². The quantitative estimate of drug-likeness (QED) is 0.416. The van der Waals surface area contributed by atoms with E-state index in [4.69, 9.17) is 21.1 Å². The summed E-state index contributed by atoms with van der Waals surface area (Å²) in [6.45, 7) is 7.72. The van der Waals surface area contributed by atoms with Crippen molar-refractivity contribution in [2.75, 3.05) is 33.4 Å². The van der Waals surface area contributed by atoms with E-state index in [0.717, 1.165) is 50.0 Å². The van der Waals surface area contributed by atoms with Crippen LogP contribution >= 0.6 is 11.6 Å². The Kier molecular flexibility index (Phi) is 9.42. The van der Waals surface area contributed by atoms with E-state index in [0.29, 0.717) is 11.6 Å². The summed E-state index contributed by atoms with van der Waals surface area (Å²) in [6, 6.07) is 5.58. The molecule has 0 aliphatic carbocycles. The predicted molar refractivity (Wildman–Crippen MR) is 91.9 cm³/mol.